The highest BCUT2D eigenvalue weighted by atomic mass is 31.2. The van der Waals surface area contributed by atoms with Gasteiger partial charge in [-0.15, -0.1) is 0 Å². The zero-order valence-electron chi connectivity index (χ0n) is 22.0. The van der Waals surface area contributed by atoms with E-state index in [1.54, 1.807) is 0 Å². The molecule has 2 aliphatic heterocycles. The second-order valence-corrected chi connectivity index (χ2v) is 12.8. The van der Waals surface area contributed by atoms with Crippen molar-refractivity contribution in [2.75, 3.05) is 18.9 Å². The van der Waals surface area contributed by atoms with Gasteiger partial charge < -0.3 is 54.6 Å². The van der Waals surface area contributed by atoms with E-state index in [9.17, 15) is 44.2 Å². The Morgan fingerprint density at radius 3 is 2.66 bits per heavy atom. The number of nitrogens with zero attached hydrogens (tertiary/aromatic N) is 8. The summed E-state index contributed by atoms with van der Waals surface area (Å²) in [6.07, 6.45) is -7.88. The lowest BCUT2D eigenvalue weighted by Gasteiger charge is -2.36. The number of ether oxygens (including phenoxy) is 2. The molecule has 3 aromatic heterocycles. The van der Waals surface area contributed by atoms with E-state index in [0.717, 1.165) is 17.1 Å². The molecular formula is C20H25N9O13P2. The Hall–Kier alpha value is -3.17. The Balaban J connectivity index is 1.42. The van der Waals surface area contributed by atoms with Gasteiger partial charge in [0.2, 0.25) is 5.34 Å². The molecule has 44 heavy (non-hydrogen) atoms. The number of pyridine rings is 1. The number of azide groups is 1. The molecule has 2 fully saturated rings. The first-order valence-corrected chi connectivity index (χ1v) is 15.5. The summed E-state index contributed by atoms with van der Waals surface area (Å²) >= 11 is 0. The number of imidazole rings is 1. The van der Waals surface area contributed by atoms with E-state index in [4.69, 9.17) is 25.3 Å². The molecule has 5 rings (SSSR count). The first-order chi connectivity index (χ1) is 20.7. The van der Waals surface area contributed by atoms with E-state index in [1.165, 1.54) is 29.2 Å². The summed E-state index contributed by atoms with van der Waals surface area (Å²) < 4.78 is 48.5. The largest absolute Gasteiger partial charge is 0.756 e. The fourth-order valence-corrected chi connectivity index (χ4v) is 7.10. The van der Waals surface area contributed by atoms with Crippen LogP contribution in [0.25, 0.3) is 21.6 Å². The van der Waals surface area contributed by atoms with Crippen molar-refractivity contribution in [3.8, 4) is 0 Å². The molecule has 2 aliphatic rings. The number of phosphoric ester groups is 1. The summed E-state index contributed by atoms with van der Waals surface area (Å²) in [5.41, 5.74) is 14.8. The highest BCUT2D eigenvalue weighted by Gasteiger charge is 2.70. The van der Waals surface area contributed by atoms with Crippen LogP contribution in [0, 0.1) is 0 Å². The highest BCUT2D eigenvalue weighted by Crippen LogP contribution is 2.64. The summed E-state index contributed by atoms with van der Waals surface area (Å²) in [5.74, 6) is 0.0270. The SMILES string of the molecule is [N-]=[N+]=Nc1ccc[n+]([C@@H]2O[C@](CO)(P(=O)(O)OC[C@H]3O[C@@H](n4cnc5c(N)ncnc54)[C@H](O)[C@@H]3O)[C@@H](OP(=O)([O-])O)[C@H]2O)c1. The van der Waals surface area contributed by atoms with Gasteiger partial charge in [0.1, 0.15) is 41.9 Å². The Bertz CT molecular complexity index is 1690. The van der Waals surface area contributed by atoms with Gasteiger partial charge in [-0.3, -0.25) is 18.4 Å². The summed E-state index contributed by atoms with van der Waals surface area (Å²) in [6, 6.07) is 2.69. The molecule has 3 aromatic rings. The molecule has 0 radical (unpaired) electrons. The van der Waals surface area contributed by atoms with Crippen LogP contribution in [0.5, 0.6) is 0 Å². The average molecular weight is 661 g/mol. The third-order valence-corrected chi connectivity index (χ3v) is 9.45. The molecule has 5 heterocycles. The molecule has 8 N–H and O–H groups in total. The minimum atomic E-state index is -5.76. The predicted octanol–water partition coefficient (Wildman–Crippen LogP) is -2.42. The number of hydrogen-bond donors (Lipinski definition) is 7. The fourth-order valence-electron chi connectivity index (χ4n) is 4.92. The number of nitrogens with two attached hydrogens (primary N) is 1. The van der Waals surface area contributed by atoms with Crippen molar-refractivity contribution >= 4 is 38.1 Å². The van der Waals surface area contributed by atoms with Gasteiger partial charge in [0.25, 0.3) is 14.1 Å². The molecule has 238 valence electrons. The summed E-state index contributed by atoms with van der Waals surface area (Å²) in [5, 5.41) is 42.9. The summed E-state index contributed by atoms with van der Waals surface area (Å²) in [4.78, 5) is 46.6. The molecule has 0 amide bonds. The number of fused-ring (bicyclic) bond motifs is 1. The van der Waals surface area contributed by atoms with Gasteiger partial charge in [-0.05, 0) is 11.6 Å². The third kappa shape index (κ3) is 5.69. The van der Waals surface area contributed by atoms with E-state index in [1.807, 2.05) is 0 Å². The minimum absolute atomic E-state index is 0.00912. The lowest BCUT2D eigenvalue weighted by Crippen LogP contribution is -2.48. The zero-order valence-corrected chi connectivity index (χ0v) is 23.8. The van der Waals surface area contributed by atoms with Gasteiger partial charge in [0, 0.05) is 11.0 Å². The number of aliphatic hydroxyl groups is 4. The lowest BCUT2D eigenvalue weighted by atomic mass is 10.1. The molecular weight excluding hydrogens is 636 g/mol. The smallest absolute Gasteiger partial charge is 0.365 e. The van der Waals surface area contributed by atoms with Crippen LogP contribution in [0.4, 0.5) is 11.5 Å². The van der Waals surface area contributed by atoms with Crippen LogP contribution in [0.1, 0.15) is 12.5 Å². The van der Waals surface area contributed by atoms with Crippen LogP contribution in [0.3, 0.4) is 0 Å². The number of aromatic nitrogens is 5. The number of nitrogen functional groups attached to an aromatic ring is 1. The van der Waals surface area contributed by atoms with Crippen LogP contribution in [0.2, 0.25) is 0 Å². The normalized spacial score (nSPS) is 33.1. The van der Waals surface area contributed by atoms with E-state index in [-0.39, 0.29) is 22.7 Å². The minimum Gasteiger partial charge on any atom is -0.756 e. The van der Waals surface area contributed by atoms with Gasteiger partial charge >= 0.3 is 7.60 Å². The Morgan fingerprint density at radius 2 is 1.98 bits per heavy atom. The van der Waals surface area contributed by atoms with Gasteiger partial charge in [-0.1, -0.05) is 5.11 Å². The Morgan fingerprint density at radius 1 is 1.23 bits per heavy atom. The van der Waals surface area contributed by atoms with E-state index < -0.39 is 76.9 Å². The molecule has 24 heteroatoms. The predicted molar refractivity (Wildman–Crippen MR) is 138 cm³/mol. The number of phosphoric acid groups is 1. The molecule has 0 spiro atoms. The Kier molecular flexibility index (Phi) is 8.77. The fraction of sp³-hybridized carbons (Fsp3) is 0.500. The van der Waals surface area contributed by atoms with Gasteiger partial charge in [-0.25, -0.2) is 15.0 Å². The van der Waals surface area contributed by atoms with Crippen LogP contribution in [-0.4, -0.2) is 98.8 Å². The maximum absolute atomic E-state index is 13.7. The van der Waals surface area contributed by atoms with E-state index in [0.29, 0.717) is 0 Å². The maximum atomic E-state index is 13.7. The molecule has 0 saturated carbocycles. The van der Waals surface area contributed by atoms with Crippen molar-refractivity contribution in [3.63, 3.8) is 0 Å². The second-order valence-electron chi connectivity index (χ2n) is 9.64. The number of rotatable bonds is 10. The molecule has 22 nitrogen and oxygen atoms in total. The summed E-state index contributed by atoms with van der Waals surface area (Å²) in [6.45, 7) is -2.46. The first kappa shape index (κ1) is 32.2. The monoisotopic (exact) mass is 661 g/mol. The maximum Gasteiger partial charge on any atom is 0.365 e. The van der Waals surface area contributed by atoms with Crippen molar-refractivity contribution in [2.45, 2.75) is 48.3 Å². The van der Waals surface area contributed by atoms with Crippen LogP contribution in [0.15, 0.2) is 42.3 Å². The van der Waals surface area contributed by atoms with Gasteiger partial charge in [-0.2, -0.15) is 4.57 Å². The van der Waals surface area contributed by atoms with E-state index >= 15 is 0 Å². The quantitative estimate of drug-likeness (QED) is 0.0391. The van der Waals surface area contributed by atoms with Crippen molar-refractivity contribution in [1.29, 1.82) is 0 Å². The molecule has 0 aliphatic carbocycles. The van der Waals surface area contributed by atoms with Crippen molar-refractivity contribution in [3.05, 3.63) is 47.6 Å². The van der Waals surface area contributed by atoms with Crippen LogP contribution in [-0.2, 0) is 27.7 Å². The number of hydrogen-bond acceptors (Lipinski definition) is 16. The van der Waals surface area contributed by atoms with Crippen molar-refractivity contribution in [1.82, 2.24) is 19.5 Å². The molecule has 0 bridgehead atoms. The highest BCUT2D eigenvalue weighted by molar-refractivity contribution is 7.54. The zero-order chi connectivity index (χ0) is 32.0. The van der Waals surface area contributed by atoms with Crippen LogP contribution >= 0.6 is 15.4 Å². The van der Waals surface area contributed by atoms with E-state index in [2.05, 4.69) is 29.5 Å². The van der Waals surface area contributed by atoms with Crippen molar-refractivity contribution in [2.24, 2.45) is 5.11 Å². The first-order valence-electron chi connectivity index (χ1n) is 12.4. The molecule has 2 saturated heterocycles. The molecule has 10 atom stereocenters. The van der Waals surface area contributed by atoms with Gasteiger partial charge in [0.15, 0.2) is 36.2 Å². The number of anilines is 1. The molecule has 2 unspecified atom stereocenters. The Labute approximate surface area is 245 Å². The number of aliphatic hydroxyl groups excluding tert-OH is 4. The topological polar surface area (TPSA) is 338 Å². The van der Waals surface area contributed by atoms with Crippen LogP contribution < -0.4 is 15.2 Å². The standard InChI is InChI=1S/C20H25N9O13P2/c21-16-11-17(24-7-23-16)29(8-25-11)19-13(32)12(31)10(40-19)5-39-43(34,35)20(6-30)15(42-44(36,37)38)14(33)18(41-20)28-3-1-2-9(4-28)26-27-22/h1-4,7-8,10,12-15,18-19,30-33H,5-6H2,(H4-,21,23,24,34,35,36,37,38)/t10-,12-,13-,14-,15+,18-,19-,20-/m1/s1. The second kappa shape index (κ2) is 12.0. The summed E-state index contributed by atoms with van der Waals surface area (Å²) in [7, 11) is -11.3. The lowest BCUT2D eigenvalue weighted by molar-refractivity contribution is -0.766. The average Bonchev–Trinajstić information content (AvgIpc) is 3.61. The van der Waals surface area contributed by atoms with Crippen molar-refractivity contribution < 1.29 is 67.3 Å². The molecule has 0 aromatic carbocycles. The third-order valence-electron chi connectivity index (χ3n) is 7.00. The van der Waals surface area contributed by atoms with Gasteiger partial charge in [0.05, 0.1) is 19.5 Å².